The fourth-order valence-electron chi connectivity index (χ4n) is 5.47. The topological polar surface area (TPSA) is 136 Å². The number of terminal acetylenes is 1. The molecule has 2 aliphatic rings. The molecule has 3 amide bonds. The number of benzene rings is 2. The highest BCUT2D eigenvalue weighted by Crippen LogP contribution is 2.59. The molecule has 2 aliphatic heterocycles. The van der Waals surface area contributed by atoms with Crippen LogP contribution in [-0.2, 0) is 24.6 Å². The summed E-state index contributed by atoms with van der Waals surface area (Å²) in [6.45, 7) is 1.41. The van der Waals surface area contributed by atoms with Crippen molar-refractivity contribution in [2.24, 2.45) is 0 Å². The van der Waals surface area contributed by atoms with Crippen molar-refractivity contribution in [1.82, 2.24) is 15.1 Å². The Bertz CT molecular complexity index is 1650. The summed E-state index contributed by atoms with van der Waals surface area (Å²) in [6.07, 6.45) is 6.16. The van der Waals surface area contributed by atoms with Crippen LogP contribution in [0.5, 0.6) is 0 Å². The number of carbonyl (C=O) groups excluding carboxylic acids is 3. The van der Waals surface area contributed by atoms with E-state index in [2.05, 4.69) is 11.2 Å². The van der Waals surface area contributed by atoms with Crippen LogP contribution in [0.1, 0.15) is 46.2 Å². The maximum atomic E-state index is 14.2. The summed E-state index contributed by atoms with van der Waals surface area (Å²) in [4.78, 5) is 61.9. The predicted molar refractivity (Wildman–Crippen MR) is 159 cm³/mol. The first-order valence-corrected chi connectivity index (χ1v) is 16.3. The maximum Gasteiger partial charge on any atom is 0.399 e. The van der Waals surface area contributed by atoms with Crippen molar-refractivity contribution >= 4 is 46.7 Å². The standard InChI is InChI=1S/C30H30F2N3O7PS/c1-2-7-22(33-27(36)26-17-20-16-21(11-12-25(20)44-26)30(31,32)43(39,40)41)28(37)35-13-6-10-23(35)29(38)34-14-15-42-24(18-34)19-8-4-3-5-9-19/h1,3-5,8-9,11-12,16-17,22-24H,6-7,10,13-15,18H2,(H,33,36)(H2,39,40,41)/t22-,23-,24-/m0/s1. The number of ether oxygens (including phenoxy) is 1. The second-order valence-electron chi connectivity index (χ2n) is 10.6. The van der Waals surface area contributed by atoms with Gasteiger partial charge in [-0.05, 0) is 42.0 Å². The van der Waals surface area contributed by atoms with Gasteiger partial charge in [0.05, 0.1) is 18.0 Å². The molecule has 3 N–H and O–H groups in total. The Morgan fingerprint density at radius 1 is 1.16 bits per heavy atom. The van der Waals surface area contributed by atoms with Gasteiger partial charge in [-0.15, -0.1) is 23.7 Å². The normalized spacial score (nSPS) is 19.9. The zero-order valence-electron chi connectivity index (χ0n) is 23.4. The number of fused-ring (bicyclic) bond motifs is 1. The highest BCUT2D eigenvalue weighted by atomic mass is 32.1. The molecule has 0 aliphatic carbocycles. The van der Waals surface area contributed by atoms with Gasteiger partial charge in [0.1, 0.15) is 18.2 Å². The number of morpholine rings is 1. The van der Waals surface area contributed by atoms with Gasteiger partial charge < -0.3 is 29.6 Å². The first kappa shape index (κ1) is 31.8. The van der Waals surface area contributed by atoms with Gasteiger partial charge >= 0.3 is 13.3 Å². The van der Waals surface area contributed by atoms with Crippen LogP contribution < -0.4 is 5.32 Å². The van der Waals surface area contributed by atoms with Crippen LogP contribution in [-0.4, -0.2) is 75.6 Å². The number of rotatable bonds is 8. The van der Waals surface area contributed by atoms with Crippen molar-refractivity contribution in [2.45, 2.75) is 43.1 Å². The van der Waals surface area contributed by atoms with Crippen molar-refractivity contribution in [1.29, 1.82) is 0 Å². The molecule has 3 heterocycles. The van der Waals surface area contributed by atoms with Gasteiger partial charge in [0.15, 0.2) is 0 Å². The zero-order valence-corrected chi connectivity index (χ0v) is 25.1. The Balaban J connectivity index is 1.29. The third-order valence-electron chi connectivity index (χ3n) is 7.75. The molecule has 2 fully saturated rings. The molecule has 14 heteroatoms. The number of nitrogens with one attached hydrogen (secondary N) is 1. The summed E-state index contributed by atoms with van der Waals surface area (Å²) in [7, 11) is -5.77. The van der Waals surface area contributed by atoms with E-state index in [-0.39, 0.29) is 28.7 Å². The first-order chi connectivity index (χ1) is 20.9. The molecular formula is C30H30F2N3O7PS. The minimum Gasteiger partial charge on any atom is -0.370 e. The van der Waals surface area contributed by atoms with Crippen LogP contribution in [0.15, 0.2) is 54.6 Å². The van der Waals surface area contributed by atoms with Crippen molar-refractivity contribution in [2.75, 3.05) is 26.2 Å². The van der Waals surface area contributed by atoms with Crippen LogP contribution in [0, 0.1) is 12.3 Å². The molecule has 0 spiro atoms. The summed E-state index contributed by atoms with van der Waals surface area (Å²) >= 11 is 0.959. The molecule has 0 saturated carbocycles. The lowest BCUT2D eigenvalue weighted by molar-refractivity contribution is -0.149. The van der Waals surface area contributed by atoms with E-state index in [0.717, 1.165) is 29.0 Å². The maximum absolute atomic E-state index is 14.2. The second-order valence-corrected chi connectivity index (χ2v) is 13.4. The molecule has 3 atom stereocenters. The Hall–Kier alpha value is -3.66. The molecule has 44 heavy (non-hydrogen) atoms. The number of hydrogen-bond donors (Lipinski definition) is 3. The van der Waals surface area contributed by atoms with E-state index in [1.54, 1.807) is 4.90 Å². The van der Waals surface area contributed by atoms with Crippen LogP contribution >= 0.6 is 18.9 Å². The minimum absolute atomic E-state index is 0.0841. The van der Waals surface area contributed by atoms with Gasteiger partial charge in [-0.1, -0.05) is 36.4 Å². The van der Waals surface area contributed by atoms with Crippen LogP contribution in [0.3, 0.4) is 0 Å². The average Bonchev–Trinajstić information content (AvgIpc) is 3.67. The molecule has 2 aromatic carbocycles. The Morgan fingerprint density at radius 3 is 2.61 bits per heavy atom. The lowest BCUT2D eigenvalue weighted by Gasteiger charge is -2.37. The third kappa shape index (κ3) is 6.41. The van der Waals surface area contributed by atoms with Gasteiger partial charge in [0.2, 0.25) is 11.8 Å². The molecule has 2 saturated heterocycles. The Morgan fingerprint density at radius 2 is 1.91 bits per heavy atom. The fraction of sp³-hybridized carbons (Fsp3) is 0.367. The van der Waals surface area contributed by atoms with E-state index in [0.29, 0.717) is 43.8 Å². The van der Waals surface area contributed by atoms with E-state index in [1.807, 2.05) is 30.3 Å². The average molecular weight is 646 g/mol. The number of likely N-dealkylation sites (tertiary alicyclic amines) is 1. The summed E-state index contributed by atoms with van der Waals surface area (Å²) in [5.74, 6) is 1.03. The molecule has 232 valence electrons. The molecule has 0 unspecified atom stereocenters. The summed E-state index contributed by atoms with van der Waals surface area (Å²) < 4.78 is 46.0. The van der Waals surface area contributed by atoms with Gasteiger partial charge in [-0.25, -0.2) is 0 Å². The highest BCUT2D eigenvalue weighted by Gasteiger charge is 2.50. The van der Waals surface area contributed by atoms with Crippen molar-refractivity contribution < 1.29 is 42.3 Å². The number of carbonyl (C=O) groups is 3. The SMILES string of the molecule is C#CC[C@H](NC(=O)c1cc2cc(C(F)(F)P(=O)(O)O)ccc2s1)C(=O)N1CCC[C@H]1C(=O)N1CCO[C@H](c2ccccc2)C1. The van der Waals surface area contributed by atoms with E-state index < -0.39 is 42.7 Å². The van der Waals surface area contributed by atoms with Gasteiger partial charge in [-0.3, -0.25) is 18.9 Å². The number of halogens is 2. The van der Waals surface area contributed by atoms with Crippen LogP contribution in [0.2, 0.25) is 0 Å². The monoisotopic (exact) mass is 645 g/mol. The first-order valence-electron chi connectivity index (χ1n) is 13.9. The predicted octanol–water partition coefficient (Wildman–Crippen LogP) is 3.84. The minimum atomic E-state index is -5.77. The van der Waals surface area contributed by atoms with Gasteiger partial charge in [0, 0.05) is 29.8 Å². The van der Waals surface area contributed by atoms with E-state index in [1.165, 1.54) is 17.0 Å². The highest BCUT2D eigenvalue weighted by molar-refractivity contribution is 7.52. The summed E-state index contributed by atoms with van der Waals surface area (Å²) in [5, 5.41) is 2.80. The number of amides is 3. The zero-order chi connectivity index (χ0) is 31.6. The quantitative estimate of drug-likeness (QED) is 0.250. The molecule has 3 aromatic rings. The Kier molecular flexibility index (Phi) is 9.20. The van der Waals surface area contributed by atoms with Gasteiger partial charge in [-0.2, -0.15) is 8.78 Å². The van der Waals surface area contributed by atoms with E-state index >= 15 is 0 Å². The molecular weight excluding hydrogens is 615 g/mol. The third-order valence-corrected chi connectivity index (χ3v) is 9.85. The molecule has 0 radical (unpaired) electrons. The molecule has 0 bridgehead atoms. The lowest BCUT2D eigenvalue weighted by atomic mass is 10.1. The summed E-state index contributed by atoms with van der Waals surface area (Å²) in [5.41, 5.74) is -4.33. The largest absolute Gasteiger partial charge is 0.399 e. The lowest BCUT2D eigenvalue weighted by Crippen LogP contribution is -2.55. The molecule has 1 aromatic heterocycles. The van der Waals surface area contributed by atoms with Crippen molar-refractivity contribution in [3.05, 3.63) is 70.6 Å². The smallest absolute Gasteiger partial charge is 0.370 e. The van der Waals surface area contributed by atoms with Crippen molar-refractivity contribution in [3.8, 4) is 12.3 Å². The fourth-order valence-corrected chi connectivity index (χ4v) is 6.90. The molecule has 10 nitrogen and oxygen atoms in total. The number of thiophene rings is 1. The van der Waals surface area contributed by atoms with Crippen LogP contribution in [0.4, 0.5) is 8.78 Å². The molecule has 5 rings (SSSR count). The number of hydrogen-bond acceptors (Lipinski definition) is 6. The van der Waals surface area contributed by atoms with Crippen molar-refractivity contribution in [3.63, 3.8) is 0 Å². The summed E-state index contributed by atoms with van der Waals surface area (Å²) in [6, 6.07) is 12.1. The number of nitrogens with zero attached hydrogens (tertiary/aromatic N) is 2. The van der Waals surface area contributed by atoms with E-state index in [4.69, 9.17) is 20.9 Å². The van der Waals surface area contributed by atoms with Crippen LogP contribution in [0.25, 0.3) is 10.1 Å². The Labute approximate surface area is 256 Å². The van der Waals surface area contributed by atoms with Gasteiger partial charge in [0.25, 0.3) is 5.91 Å². The second kappa shape index (κ2) is 12.8. The number of alkyl halides is 2. The van der Waals surface area contributed by atoms with E-state index in [9.17, 15) is 27.7 Å².